The molecule has 5 nitrogen and oxygen atoms in total. The Labute approximate surface area is 165 Å². The molecular formula is C23H26N4O. The lowest BCUT2D eigenvalue weighted by Gasteiger charge is -2.26. The molecule has 0 unspecified atom stereocenters. The minimum absolute atomic E-state index is 0.0898. The third kappa shape index (κ3) is 3.67. The van der Waals surface area contributed by atoms with Crippen molar-refractivity contribution in [1.82, 2.24) is 14.3 Å². The zero-order valence-corrected chi connectivity index (χ0v) is 16.1. The largest absolute Gasteiger partial charge is 0.309 e. The van der Waals surface area contributed by atoms with Gasteiger partial charge in [-0.05, 0) is 62.0 Å². The van der Waals surface area contributed by atoms with Gasteiger partial charge in [0.1, 0.15) is 5.65 Å². The Hall–Kier alpha value is -2.66. The highest BCUT2D eigenvalue weighted by Crippen LogP contribution is 2.30. The topological polar surface area (TPSA) is 49.6 Å². The summed E-state index contributed by atoms with van der Waals surface area (Å²) in [6.45, 7) is 3.46. The third-order valence-corrected chi connectivity index (χ3v) is 5.80. The SMILES string of the molecule is O=C(Nc1cn2c(-c3ccc(CN4CCCCC4)cc3)cccc2n1)C1CC1. The van der Waals surface area contributed by atoms with Crippen molar-refractivity contribution in [1.29, 1.82) is 0 Å². The second-order valence-electron chi connectivity index (χ2n) is 8.06. The molecule has 5 heteroatoms. The number of nitrogens with zero attached hydrogens (tertiary/aromatic N) is 3. The number of nitrogens with one attached hydrogen (secondary N) is 1. The number of hydrogen-bond acceptors (Lipinski definition) is 3. The predicted octanol–water partition coefficient (Wildman–Crippen LogP) is 4.34. The summed E-state index contributed by atoms with van der Waals surface area (Å²) in [7, 11) is 0. The molecular weight excluding hydrogens is 348 g/mol. The lowest BCUT2D eigenvalue weighted by Crippen LogP contribution is -2.28. The van der Waals surface area contributed by atoms with Crippen LogP contribution in [0.25, 0.3) is 16.9 Å². The molecule has 2 fully saturated rings. The van der Waals surface area contributed by atoms with E-state index in [1.807, 2.05) is 18.3 Å². The van der Waals surface area contributed by atoms with Crippen LogP contribution in [0.15, 0.2) is 48.7 Å². The highest BCUT2D eigenvalue weighted by atomic mass is 16.2. The maximum atomic E-state index is 12.0. The summed E-state index contributed by atoms with van der Waals surface area (Å²) in [5, 5.41) is 2.95. The Morgan fingerprint density at radius 3 is 2.57 bits per heavy atom. The maximum Gasteiger partial charge on any atom is 0.228 e. The number of fused-ring (bicyclic) bond motifs is 1. The number of imidazole rings is 1. The van der Waals surface area contributed by atoms with E-state index in [1.54, 1.807) is 0 Å². The lowest BCUT2D eigenvalue weighted by atomic mass is 10.1. The van der Waals surface area contributed by atoms with Crippen LogP contribution < -0.4 is 5.32 Å². The van der Waals surface area contributed by atoms with Crippen LogP contribution in [0.3, 0.4) is 0 Å². The number of likely N-dealkylation sites (tertiary alicyclic amines) is 1. The highest BCUT2D eigenvalue weighted by molar-refractivity contribution is 5.93. The molecule has 0 atom stereocenters. The Morgan fingerprint density at radius 2 is 1.82 bits per heavy atom. The first kappa shape index (κ1) is 17.4. The monoisotopic (exact) mass is 374 g/mol. The van der Waals surface area contributed by atoms with Crippen molar-refractivity contribution in [2.45, 2.75) is 38.6 Å². The third-order valence-electron chi connectivity index (χ3n) is 5.80. The number of anilines is 1. The van der Waals surface area contributed by atoms with Crippen LogP contribution in [0.5, 0.6) is 0 Å². The predicted molar refractivity (Wildman–Crippen MR) is 111 cm³/mol. The van der Waals surface area contributed by atoms with Gasteiger partial charge in [0.2, 0.25) is 5.91 Å². The zero-order chi connectivity index (χ0) is 18.9. The van der Waals surface area contributed by atoms with Gasteiger partial charge in [-0.3, -0.25) is 14.1 Å². The van der Waals surface area contributed by atoms with Gasteiger partial charge >= 0.3 is 0 Å². The summed E-state index contributed by atoms with van der Waals surface area (Å²) < 4.78 is 2.06. The van der Waals surface area contributed by atoms with Gasteiger partial charge in [0.05, 0.1) is 11.9 Å². The van der Waals surface area contributed by atoms with Crippen LogP contribution in [0.4, 0.5) is 5.82 Å². The van der Waals surface area contributed by atoms with Gasteiger partial charge in [-0.15, -0.1) is 0 Å². The number of hydrogen-bond donors (Lipinski definition) is 1. The van der Waals surface area contributed by atoms with E-state index >= 15 is 0 Å². The average molecular weight is 374 g/mol. The fourth-order valence-corrected chi connectivity index (χ4v) is 4.04. The highest BCUT2D eigenvalue weighted by Gasteiger charge is 2.30. The summed E-state index contributed by atoms with van der Waals surface area (Å²) in [5.41, 5.74) is 4.45. The molecule has 5 rings (SSSR count). The van der Waals surface area contributed by atoms with Crippen molar-refractivity contribution in [2.75, 3.05) is 18.4 Å². The Bertz CT molecular complexity index is 982. The Morgan fingerprint density at radius 1 is 1.04 bits per heavy atom. The minimum atomic E-state index is 0.0898. The molecule has 3 heterocycles. The summed E-state index contributed by atoms with van der Waals surface area (Å²) in [5.74, 6) is 0.898. The van der Waals surface area contributed by atoms with Crippen LogP contribution in [-0.4, -0.2) is 33.3 Å². The quantitative estimate of drug-likeness (QED) is 0.723. The van der Waals surface area contributed by atoms with E-state index < -0.39 is 0 Å². The molecule has 1 saturated carbocycles. The number of benzene rings is 1. The minimum Gasteiger partial charge on any atom is -0.309 e. The van der Waals surface area contributed by atoms with E-state index in [0.29, 0.717) is 5.82 Å². The first-order valence-electron chi connectivity index (χ1n) is 10.4. The summed E-state index contributed by atoms with van der Waals surface area (Å²) in [6.07, 6.45) is 7.92. The first-order chi connectivity index (χ1) is 13.8. The summed E-state index contributed by atoms with van der Waals surface area (Å²) in [6, 6.07) is 14.9. The lowest BCUT2D eigenvalue weighted by molar-refractivity contribution is -0.117. The van der Waals surface area contributed by atoms with Gasteiger partial charge in [0.15, 0.2) is 5.82 Å². The van der Waals surface area contributed by atoms with Gasteiger partial charge < -0.3 is 5.32 Å². The van der Waals surface area contributed by atoms with E-state index in [2.05, 4.69) is 49.9 Å². The van der Waals surface area contributed by atoms with Crippen LogP contribution in [-0.2, 0) is 11.3 Å². The van der Waals surface area contributed by atoms with Crippen LogP contribution >= 0.6 is 0 Å². The number of amides is 1. The van der Waals surface area contributed by atoms with Crippen molar-refractivity contribution in [3.8, 4) is 11.3 Å². The molecule has 3 aromatic rings. The van der Waals surface area contributed by atoms with Gasteiger partial charge in [0, 0.05) is 12.5 Å². The van der Waals surface area contributed by atoms with Crippen LogP contribution in [0.2, 0.25) is 0 Å². The smallest absolute Gasteiger partial charge is 0.228 e. The van der Waals surface area contributed by atoms with Crippen molar-refractivity contribution in [2.24, 2.45) is 5.92 Å². The first-order valence-corrected chi connectivity index (χ1v) is 10.4. The number of aromatic nitrogens is 2. The molecule has 1 aromatic carbocycles. The molecule has 2 aliphatic rings. The number of piperidine rings is 1. The van der Waals surface area contributed by atoms with E-state index in [-0.39, 0.29) is 11.8 Å². The molecule has 1 amide bonds. The molecule has 0 bridgehead atoms. The standard InChI is InChI=1S/C23H26N4O/c28-23(19-11-12-19)25-21-16-27-20(5-4-6-22(27)24-21)18-9-7-17(8-10-18)15-26-13-2-1-3-14-26/h4-10,16,19H,1-3,11-15H2,(H,25,28). The normalized spacial score (nSPS) is 17.7. The molecule has 144 valence electrons. The van der Waals surface area contributed by atoms with Crippen molar-refractivity contribution in [3.05, 3.63) is 54.2 Å². The van der Waals surface area contributed by atoms with Crippen molar-refractivity contribution < 1.29 is 4.79 Å². The van der Waals surface area contributed by atoms with Gasteiger partial charge in [-0.25, -0.2) is 4.98 Å². The molecule has 0 radical (unpaired) electrons. The van der Waals surface area contributed by atoms with E-state index in [9.17, 15) is 4.79 Å². The molecule has 1 aliphatic carbocycles. The van der Waals surface area contributed by atoms with E-state index in [4.69, 9.17) is 0 Å². The van der Waals surface area contributed by atoms with Gasteiger partial charge in [-0.2, -0.15) is 0 Å². The van der Waals surface area contributed by atoms with Crippen molar-refractivity contribution in [3.63, 3.8) is 0 Å². The molecule has 28 heavy (non-hydrogen) atoms. The molecule has 2 aromatic heterocycles. The number of pyridine rings is 1. The van der Waals surface area contributed by atoms with E-state index in [1.165, 1.54) is 37.9 Å². The van der Waals surface area contributed by atoms with Crippen LogP contribution in [0.1, 0.15) is 37.7 Å². The maximum absolute atomic E-state index is 12.0. The summed E-state index contributed by atoms with van der Waals surface area (Å²) >= 11 is 0. The zero-order valence-electron chi connectivity index (χ0n) is 16.1. The molecule has 1 aliphatic heterocycles. The number of carbonyl (C=O) groups excluding carboxylic acids is 1. The van der Waals surface area contributed by atoms with Gasteiger partial charge in [-0.1, -0.05) is 36.8 Å². The fraction of sp³-hybridized carbons (Fsp3) is 0.391. The molecule has 1 N–H and O–H groups in total. The fourth-order valence-electron chi connectivity index (χ4n) is 4.04. The van der Waals surface area contributed by atoms with Gasteiger partial charge in [0.25, 0.3) is 0 Å². The van der Waals surface area contributed by atoms with Crippen LogP contribution in [0, 0.1) is 5.92 Å². The Kier molecular flexibility index (Phi) is 4.61. The molecule has 1 saturated heterocycles. The molecule has 0 spiro atoms. The number of carbonyl (C=O) groups is 1. The van der Waals surface area contributed by atoms with Crippen molar-refractivity contribution >= 4 is 17.4 Å². The second-order valence-corrected chi connectivity index (χ2v) is 8.06. The average Bonchev–Trinajstić information content (AvgIpc) is 3.49. The summed E-state index contributed by atoms with van der Waals surface area (Å²) in [4.78, 5) is 19.2. The van der Waals surface area contributed by atoms with E-state index in [0.717, 1.165) is 36.3 Å². The second kappa shape index (κ2) is 7.40. The Balaban J connectivity index is 1.37. The number of rotatable bonds is 5.